The smallest absolute Gasteiger partial charge is 0.280 e. The fraction of sp³-hybridized carbons (Fsp3) is 0.414. The summed E-state index contributed by atoms with van der Waals surface area (Å²) in [6.45, 7) is 4.12. The van der Waals surface area contributed by atoms with Crippen LogP contribution in [0.25, 0.3) is 22.3 Å². The summed E-state index contributed by atoms with van der Waals surface area (Å²) in [6.07, 6.45) is 6.14. The lowest BCUT2D eigenvalue weighted by Crippen LogP contribution is -2.35. The second kappa shape index (κ2) is 11.2. The van der Waals surface area contributed by atoms with Crippen LogP contribution in [0.3, 0.4) is 0 Å². The molecule has 0 bridgehead atoms. The maximum Gasteiger partial charge on any atom is 0.280 e. The van der Waals surface area contributed by atoms with E-state index in [4.69, 9.17) is 4.74 Å². The van der Waals surface area contributed by atoms with Crippen molar-refractivity contribution >= 4 is 16.9 Å². The van der Waals surface area contributed by atoms with Crippen LogP contribution < -0.4 is 5.62 Å². The molecule has 11 heteroatoms. The molecule has 6 rings (SSSR count). The summed E-state index contributed by atoms with van der Waals surface area (Å²) in [5, 5.41) is 23.9. The van der Waals surface area contributed by atoms with E-state index in [1.807, 2.05) is 0 Å². The molecule has 1 saturated heterocycles. The van der Waals surface area contributed by atoms with E-state index >= 15 is 0 Å². The van der Waals surface area contributed by atoms with Crippen LogP contribution in [0.15, 0.2) is 47.7 Å². The first-order valence-electron chi connectivity index (χ1n) is 13.7. The highest BCUT2D eigenvalue weighted by atomic mass is 16.5. The standard InChI is InChI=1S/C29H32N8O3/c1-35-18-21(16-31-35)25-14-20(13-22(15-30)32-25)28(39)34-29-33-26-12-19(17-36-8-10-40-11-9-36)2-7-27(26)37(29)23-3-5-24(38)6-4-23/h2,7,12-14,16,18,23-24,38H,3-6,8-11,17H2,1H3,(H,33,34,39)/t23-,24+. The number of carbonyl (C=O) groups excluding carboxylic acids is 1. The molecular formula is C29H32N8O3. The number of aromatic nitrogens is 5. The third-order valence-electron chi connectivity index (χ3n) is 7.73. The third-order valence-corrected chi connectivity index (χ3v) is 7.73. The SMILES string of the molecule is Cn1cc(-c2cc(C(=O)/N=c3\[nH]c4cc(CN5CCOCC5)ccc4n3[C@H]3CC[C@@H](O)CC3)cc(C#N)n2)cn1. The molecule has 2 N–H and O–H groups in total. The number of ether oxygens (including phenoxy) is 1. The van der Waals surface area contributed by atoms with Gasteiger partial charge in [-0.15, -0.1) is 0 Å². The molecule has 11 nitrogen and oxygen atoms in total. The molecular weight excluding hydrogens is 508 g/mol. The number of aryl methyl sites for hydroxylation is 1. The lowest BCUT2D eigenvalue weighted by Gasteiger charge is -2.27. The van der Waals surface area contributed by atoms with Crippen LogP contribution in [0, 0.1) is 11.3 Å². The van der Waals surface area contributed by atoms with Gasteiger partial charge in [0.15, 0.2) is 0 Å². The quantitative estimate of drug-likeness (QED) is 0.397. The summed E-state index contributed by atoms with van der Waals surface area (Å²) in [6, 6.07) is 11.6. The summed E-state index contributed by atoms with van der Waals surface area (Å²) >= 11 is 0. The number of pyridine rings is 1. The van der Waals surface area contributed by atoms with Crippen LogP contribution >= 0.6 is 0 Å². The highest BCUT2D eigenvalue weighted by Crippen LogP contribution is 2.30. The van der Waals surface area contributed by atoms with E-state index in [1.165, 1.54) is 11.6 Å². The van der Waals surface area contributed by atoms with Crippen molar-refractivity contribution in [3.63, 3.8) is 0 Å². The van der Waals surface area contributed by atoms with E-state index in [0.29, 0.717) is 29.7 Å². The van der Waals surface area contributed by atoms with Crippen molar-refractivity contribution in [3.8, 4) is 17.3 Å². The number of hydrogen-bond donors (Lipinski definition) is 2. The van der Waals surface area contributed by atoms with Crippen molar-refractivity contribution in [3.05, 3.63) is 65.2 Å². The van der Waals surface area contributed by atoms with Gasteiger partial charge in [-0.05, 0) is 55.5 Å². The van der Waals surface area contributed by atoms with Crippen LogP contribution in [0.4, 0.5) is 0 Å². The van der Waals surface area contributed by atoms with E-state index in [-0.39, 0.29) is 23.4 Å². The molecule has 1 aromatic carbocycles. The molecule has 0 radical (unpaired) electrons. The number of morpholine rings is 1. The largest absolute Gasteiger partial charge is 0.393 e. The van der Waals surface area contributed by atoms with Crippen molar-refractivity contribution in [2.75, 3.05) is 26.3 Å². The minimum absolute atomic E-state index is 0.104. The average Bonchev–Trinajstić information content (AvgIpc) is 3.56. The summed E-state index contributed by atoms with van der Waals surface area (Å²) in [7, 11) is 1.80. The monoisotopic (exact) mass is 540 g/mol. The molecule has 2 fully saturated rings. The molecule has 3 aromatic heterocycles. The van der Waals surface area contributed by atoms with Crippen LogP contribution in [-0.4, -0.2) is 72.6 Å². The van der Waals surface area contributed by atoms with E-state index in [1.54, 1.807) is 30.2 Å². The molecule has 1 amide bonds. The Morgan fingerprint density at radius 2 is 2.00 bits per heavy atom. The number of carbonyl (C=O) groups is 1. The molecule has 4 heterocycles. The molecule has 1 saturated carbocycles. The Bertz CT molecular complexity index is 1650. The van der Waals surface area contributed by atoms with Gasteiger partial charge in [-0.25, -0.2) is 4.98 Å². The van der Waals surface area contributed by atoms with Crippen LogP contribution in [0.5, 0.6) is 0 Å². The Morgan fingerprint density at radius 3 is 2.73 bits per heavy atom. The second-order valence-electron chi connectivity index (χ2n) is 10.6. The van der Waals surface area contributed by atoms with Crippen molar-refractivity contribution in [2.24, 2.45) is 12.0 Å². The summed E-state index contributed by atoms with van der Waals surface area (Å²) < 4.78 is 9.23. The maximum atomic E-state index is 13.5. The zero-order valence-electron chi connectivity index (χ0n) is 22.5. The number of aliphatic hydroxyl groups is 1. The lowest BCUT2D eigenvalue weighted by molar-refractivity contribution is 0.0342. The van der Waals surface area contributed by atoms with Gasteiger partial charge in [-0.2, -0.15) is 15.4 Å². The fourth-order valence-electron chi connectivity index (χ4n) is 5.65. The Morgan fingerprint density at radius 1 is 1.20 bits per heavy atom. The molecule has 1 aliphatic heterocycles. The zero-order valence-corrected chi connectivity index (χ0v) is 22.5. The molecule has 0 spiro atoms. The number of aliphatic hydroxyl groups excluding tert-OH is 1. The number of nitrogens with zero attached hydrogens (tertiary/aromatic N) is 7. The third kappa shape index (κ3) is 5.47. The lowest BCUT2D eigenvalue weighted by atomic mass is 9.93. The first-order valence-corrected chi connectivity index (χ1v) is 13.7. The van der Waals surface area contributed by atoms with Crippen LogP contribution in [0.1, 0.15) is 53.3 Å². The zero-order chi connectivity index (χ0) is 27.6. The van der Waals surface area contributed by atoms with Crippen molar-refractivity contribution in [2.45, 2.75) is 44.4 Å². The number of aromatic amines is 1. The minimum Gasteiger partial charge on any atom is -0.393 e. The number of amides is 1. The van der Waals surface area contributed by atoms with Crippen LogP contribution in [-0.2, 0) is 18.3 Å². The van der Waals surface area contributed by atoms with Gasteiger partial charge in [-0.1, -0.05) is 6.07 Å². The summed E-state index contributed by atoms with van der Waals surface area (Å²) in [4.78, 5) is 28.2. The normalized spacial score (nSPS) is 20.6. The van der Waals surface area contributed by atoms with Gasteiger partial charge >= 0.3 is 0 Å². The van der Waals surface area contributed by atoms with E-state index in [0.717, 1.165) is 56.7 Å². The Kier molecular flexibility index (Phi) is 7.30. The van der Waals surface area contributed by atoms with Crippen LogP contribution in [0.2, 0.25) is 0 Å². The number of H-pyrrole nitrogens is 1. The molecule has 206 valence electrons. The Balaban J connectivity index is 1.40. The number of benzene rings is 1. The molecule has 2 aliphatic rings. The molecule has 0 atom stereocenters. The second-order valence-corrected chi connectivity index (χ2v) is 10.6. The average molecular weight is 541 g/mol. The topological polar surface area (TPSA) is 137 Å². The maximum absolute atomic E-state index is 13.5. The van der Waals surface area contributed by atoms with Gasteiger partial charge in [0.25, 0.3) is 5.91 Å². The van der Waals surface area contributed by atoms with E-state index in [2.05, 4.69) is 53.8 Å². The molecule has 0 unspecified atom stereocenters. The number of imidazole rings is 1. The van der Waals surface area contributed by atoms with Gasteiger partial charge in [0, 0.05) is 50.0 Å². The van der Waals surface area contributed by atoms with Gasteiger partial charge in [-0.3, -0.25) is 14.4 Å². The number of fused-ring (bicyclic) bond motifs is 1. The summed E-state index contributed by atoms with van der Waals surface area (Å²) in [5.74, 6) is -0.464. The van der Waals surface area contributed by atoms with Gasteiger partial charge in [0.2, 0.25) is 5.62 Å². The minimum atomic E-state index is -0.464. The predicted octanol–water partition coefficient (Wildman–Crippen LogP) is 2.69. The highest BCUT2D eigenvalue weighted by molar-refractivity contribution is 5.96. The van der Waals surface area contributed by atoms with Crippen molar-refractivity contribution in [1.29, 1.82) is 5.26 Å². The van der Waals surface area contributed by atoms with E-state index in [9.17, 15) is 15.2 Å². The number of nitrogens with one attached hydrogen (secondary N) is 1. The Hall–Kier alpha value is -4.11. The first-order chi connectivity index (χ1) is 19.5. The van der Waals surface area contributed by atoms with Crippen molar-refractivity contribution < 1.29 is 14.6 Å². The van der Waals surface area contributed by atoms with Crippen molar-refractivity contribution in [1.82, 2.24) is 29.2 Å². The predicted molar refractivity (Wildman–Crippen MR) is 147 cm³/mol. The fourth-order valence-corrected chi connectivity index (χ4v) is 5.65. The Labute approximate surface area is 231 Å². The van der Waals surface area contributed by atoms with Gasteiger partial charge in [0.1, 0.15) is 11.8 Å². The molecule has 4 aromatic rings. The molecule has 1 aliphatic carbocycles. The summed E-state index contributed by atoms with van der Waals surface area (Å²) in [5.41, 5.74) is 5.14. The van der Waals surface area contributed by atoms with E-state index < -0.39 is 5.91 Å². The molecule has 40 heavy (non-hydrogen) atoms. The van der Waals surface area contributed by atoms with Gasteiger partial charge < -0.3 is 19.4 Å². The first kappa shape index (κ1) is 26.1. The number of nitriles is 1. The number of hydrogen-bond acceptors (Lipinski definition) is 7. The number of rotatable bonds is 5. The highest BCUT2D eigenvalue weighted by Gasteiger charge is 2.24. The van der Waals surface area contributed by atoms with Gasteiger partial charge in [0.05, 0.1) is 42.2 Å².